The highest BCUT2D eigenvalue weighted by Crippen LogP contribution is 2.55. The van der Waals surface area contributed by atoms with Gasteiger partial charge in [0.2, 0.25) is 0 Å². The van der Waals surface area contributed by atoms with E-state index in [9.17, 15) is 0 Å². The van der Waals surface area contributed by atoms with E-state index in [4.69, 9.17) is 10.9 Å². The normalized spacial score (nSPS) is 42.4. The molecule has 0 atom stereocenters. The van der Waals surface area contributed by atoms with Gasteiger partial charge in [-0.05, 0) is 69.2 Å². The summed E-state index contributed by atoms with van der Waals surface area (Å²) in [5, 5.41) is 15.3. The molecule has 0 aliphatic heterocycles. The lowest BCUT2D eigenvalue weighted by Gasteiger charge is -2.57. The molecule has 4 heteroatoms. The second-order valence-electron chi connectivity index (χ2n) is 6.82. The van der Waals surface area contributed by atoms with E-state index in [0.717, 1.165) is 30.7 Å². The van der Waals surface area contributed by atoms with Gasteiger partial charge in [0.15, 0.2) is 0 Å². The van der Waals surface area contributed by atoms with E-state index in [2.05, 4.69) is 10.5 Å². The van der Waals surface area contributed by atoms with Crippen LogP contribution in [-0.2, 0) is 0 Å². The van der Waals surface area contributed by atoms with Gasteiger partial charge < -0.3 is 16.3 Å². The molecule has 0 unspecified atom stereocenters. The van der Waals surface area contributed by atoms with Crippen molar-refractivity contribution in [1.29, 1.82) is 0 Å². The molecule has 0 aromatic heterocycles. The molecule has 4 bridgehead atoms. The van der Waals surface area contributed by atoms with Crippen molar-refractivity contribution in [2.45, 2.75) is 56.9 Å². The van der Waals surface area contributed by atoms with Crippen LogP contribution in [0.2, 0.25) is 0 Å². The Morgan fingerprint density at radius 2 is 1.72 bits per heavy atom. The van der Waals surface area contributed by atoms with Gasteiger partial charge in [0.05, 0.1) is 0 Å². The average Bonchev–Trinajstić information content (AvgIpc) is 2.32. The quantitative estimate of drug-likeness (QED) is 0.230. The van der Waals surface area contributed by atoms with Crippen molar-refractivity contribution in [2.75, 3.05) is 6.54 Å². The van der Waals surface area contributed by atoms with E-state index in [1.54, 1.807) is 0 Å². The smallest absolute Gasteiger partial charge is 0.139 e. The molecule has 0 aromatic rings. The minimum Gasteiger partial charge on any atom is -0.409 e. The summed E-state index contributed by atoms with van der Waals surface area (Å²) in [5.41, 5.74) is 5.94. The molecule has 4 N–H and O–H groups in total. The molecule has 0 heterocycles. The maximum atomic E-state index is 8.51. The van der Waals surface area contributed by atoms with Crippen molar-refractivity contribution < 1.29 is 5.21 Å². The number of rotatable bonds is 5. The van der Waals surface area contributed by atoms with Crippen molar-refractivity contribution in [1.82, 2.24) is 5.32 Å². The third-order valence-electron chi connectivity index (χ3n) is 5.28. The number of oxime groups is 1. The first-order valence-corrected chi connectivity index (χ1v) is 7.40. The number of amidine groups is 1. The summed E-state index contributed by atoms with van der Waals surface area (Å²) in [6.07, 6.45) is 10.3. The molecule has 4 nitrogen and oxygen atoms in total. The van der Waals surface area contributed by atoms with E-state index in [0.29, 0.717) is 17.8 Å². The predicted octanol–water partition coefficient (Wildman–Crippen LogP) is 2.07. The fourth-order valence-corrected chi connectivity index (χ4v) is 5.00. The molecule has 0 amide bonds. The van der Waals surface area contributed by atoms with E-state index in [1.807, 2.05) is 0 Å². The van der Waals surface area contributed by atoms with E-state index in [1.165, 1.54) is 38.5 Å². The second kappa shape index (κ2) is 4.72. The van der Waals surface area contributed by atoms with Crippen molar-refractivity contribution in [3.05, 3.63) is 0 Å². The Labute approximate surface area is 109 Å². The maximum absolute atomic E-state index is 8.51. The Kier molecular flexibility index (Phi) is 3.22. The first-order valence-electron chi connectivity index (χ1n) is 7.40. The van der Waals surface area contributed by atoms with Crippen LogP contribution in [0.25, 0.3) is 0 Å². The predicted molar refractivity (Wildman–Crippen MR) is 71.5 cm³/mol. The minimum absolute atomic E-state index is 0.349. The number of nitrogens with zero attached hydrogens (tertiary/aromatic N) is 1. The van der Waals surface area contributed by atoms with Crippen molar-refractivity contribution in [2.24, 2.45) is 28.6 Å². The van der Waals surface area contributed by atoms with Gasteiger partial charge in [-0.15, -0.1) is 0 Å². The summed E-state index contributed by atoms with van der Waals surface area (Å²) >= 11 is 0. The van der Waals surface area contributed by atoms with E-state index in [-0.39, 0.29) is 0 Å². The van der Waals surface area contributed by atoms with Gasteiger partial charge in [-0.1, -0.05) is 5.16 Å². The zero-order valence-electron chi connectivity index (χ0n) is 11.1. The number of hydrogen-bond acceptors (Lipinski definition) is 3. The summed E-state index contributed by atoms with van der Waals surface area (Å²) in [7, 11) is 0. The van der Waals surface area contributed by atoms with Crippen LogP contribution in [0.4, 0.5) is 0 Å². The van der Waals surface area contributed by atoms with Gasteiger partial charge in [0.1, 0.15) is 5.84 Å². The summed E-state index contributed by atoms with van der Waals surface area (Å²) in [5.74, 6) is 3.33. The van der Waals surface area contributed by atoms with Crippen LogP contribution in [0.15, 0.2) is 5.16 Å². The third kappa shape index (κ3) is 2.35. The zero-order chi connectivity index (χ0) is 12.6. The second-order valence-corrected chi connectivity index (χ2v) is 6.82. The summed E-state index contributed by atoms with van der Waals surface area (Å²) in [6, 6.07) is 0. The molecule has 0 radical (unpaired) electrons. The highest BCUT2D eigenvalue weighted by molar-refractivity contribution is 5.79. The molecule has 4 saturated carbocycles. The van der Waals surface area contributed by atoms with Gasteiger partial charge in [-0.3, -0.25) is 0 Å². The van der Waals surface area contributed by atoms with Crippen LogP contribution in [0, 0.1) is 17.8 Å². The molecule has 0 saturated heterocycles. The Balaban J connectivity index is 1.50. The minimum atomic E-state index is 0.349. The lowest BCUT2D eigenvalue weighted by atomic mass is 9.53. The SMILES string of the molecule is NC(CCCNC12CC3CC(CC(C3)C1)C2)=NO. The highest BCUT2D eigenvalue weighted by Gasteiger charge is 2.50. The average molecular weight is 251 g/mol. The standard InChI is InChI=1S/C14H25N3O/c15-13(17-18)2-1-3-16-14-7-10-4-11(8-14)6-12(5-10)9-14/h10-12,16,18H,1-9H2,(H2,15,17). The molecule has 0 aromatic carbocycles. The Morgan fingerprint density at radius 3 is 2.22 bits per heavy atom. The van der Waals surface area contributed by atoms with Crippen LogP contribution in [-0.4, -0.2) is 23.1 Å². The number of nitrogens with one attached hydrogen (secondary N) is 1. The molecule has 102 valence electrons. The van der Waals surface area contributed by atoms with Crippen LogP contribution in [0.3, 0.4) is 0 Å². The topological polar surface area (TPSA) is 70.6 Å². The highest BCUT2D eigenvalue weighted by atomic mass is 16.4. The molecule has 18 heavy (non-hydrogen) atoms. The molecule has 4 aliphatic carbocycles. The van der Waals surface area contributed by atoms with Gasteiger partial charge in [-0.2, -0.15) is 0 Å². The fourth-order valence-electron chi connectivity index (χ4n) is 5.00. The van der Waals surface area contributed by atoms with Crippen molar-refractivity contribution in [3.63, 3.8) is 0 Å². The Morgan fingerprint density at radius 1 is 1.17 bits per heavy atom. The fraction of sp³-hybridized carbons (Fsp3) is 0.929. The Hall–Kier alpha value is -0.770. The monoisotopic (exact) mass is 251 g/mol. The maximum Gasteiger partial charge on any atom is 0.139 e. The van der Waals surface area contributed by atoms with E-state index >= 15 is 0 Å². The summed E-state index contributed by atoms with van der Waals surface area (Å²) in [6.45, 7) is 1.00. The molecule has 4 fully saturated rings. The summed E-state index contributed by atoms with van der Waals surface area (Å²) < 4.78 is 0. The third-order valence-corrected chi connectivity index (χ3v) is 5.28. The van der Waals surface area contributed by atoms with Crippen molar-refractivity contribution >= 4 is 5.84 Å². The molecule has 4 aliphatic rings. The summed E-state index contributed by atoms with van der Waals surface area (Å²) in [4.78, 5) is 0. The molecular weight excluding hydrogens is 226 g/mol. The molecule has 4 rings (SSSR count). The first kappa shape index (κ1) is 12.3. The van der Waals surface area contributed by atoms with Gasteiger partial charge >= 0.3 is 0 Å². The molecule has 0 spiro atoms. The lowest BCUT2D eigenvalue weighted by molar-refractivity contribution is -0.0194. The van der Waals surface area contributed by atoms with E-state index < -0.39 is 0 Å². The zero-order valence-corrected chi connectivity index (χ0v) is 11.1. The van der Waals surface area contributed by atoms with Crippen LogP contribution in [0.5, 0.6) is 0 Å². The Bertz CT molecular complexity index is 305. The van der Waals surface area contributed by atoms with Crippen molar-refractivity contribution in [3.8, 4) is 0 Å². The van der Waals surface area contributed by atoms with Gasteiger partial charge in [0, 0.05) is 12.0 Å². The number of nitrogens with two attached hydrogens (primary N) is 1. The molecular formula is C14H25N3O. The van der Waals surface area contributed by atoms with Gasteiger partial charge in [-0.25, -0.2) is 0 Å². The lowest BCUT2D eigenvalue weighted by Crippen LogP contribution is -2.58. The van der Waals surface area contributed by atoms with Crippen LogP contribution in [0.1, 0.15) is 51.4 Å². The number of hydrogen-bond donors (Lipinski definition) is 3. The largest absolute Gasteiger partial charge is 0.409 e. The first-order chi connectivity index (χ1) is 8.69. The van der Waals surface area contributed by atoms with Crippen LogP contribution < -0.4 is 11.1 Å². The van der Waals surface area contributed by atoms with Crippen LogP contribution >= 0.6 is 0 Å². The van der Waals surface area contributed by atoms with Gasteiger partial charge in [0.25, 0.3) is 0 Å².